The van der Waals surface area contributed by atoms with E-state index in [1.807, 2.05) is 0 Å². The van der Waals surface area contributed by atoms with Crippen LogP contribution in [0.5, 0.6) is 0 Å². The Morgan fingerprint density at radius 1 is 1.44 bits per heavy atom. The summed E-state index contributed by atoms with van der Waals surface area (Å²) in [7, 11) is 0. The molecule has 0 aliphatic heterocycles. The summed E-state index contributed by atoms with van der Waals surface area (Å²) in [6, 6.07) is 0. The lowest BCUT2D eigenvalue weighted by Crippen LogP contribution is -2.26. The van der Waals surface area contributed by atoms with E-state index < -0.39 is 19.0 Å². The Morgan fingerprint density at radius 3 is 2.00 bits per heavy atom. The summed E-state index contributed by atoms with van der Waals surface area (Å²) in [6.07, 6.45) is -8.61. The molecule has 0 aliphatic rings. The first kappa shape index (κ1) is 8.19. The topological polar surface area (TPSA) is 26.3 Å². The third-order valence-corrected chi connectivity index (χ3v) is 0.432. The van der Waals surface area contributed by atoms with E-state index in [-0.39, 0.29) is 0 Å². The lowest BCUT2D eigenvalue weighted by molar-refractivity contribution is -0.252. The Balaban J connectivity index is 3.72. The molecule has 0 radical (unpaired) electrons. The van der Waals surface area contributed by atoms with E-state index in [1.165, 1.54) is 0 Å². The molecule has 0 heterocycles. The average Bonchev–Trinajstić information content (AvgIpc) is 1.64. The van der Waals surface area contributed by atoms with Gasteiger partial charge in [0.1, 0.15) is 0 Å². The van der Waals surface area contributed by atoms with Crippen LogP contribution in [0.4, 0.5) is 17.6 Å². The molecule has 1 atom stereocenters. The van der Waals surface area contributed by atoms with Gasteiger partial charge in [-0.15, -0.1) is 0 Å². The molecule has 0 aromatic rings. The van der Waals surface area contributed by atoms with Crippen molar-refractivity contribution in [2.45, 2.75) is 12.5 Å². The molecule has 0 aromatic carbocycles. The van der Waals surface area contributed by atoms with Crippen LogP contribution in [0.15, 0.2) is 0 Å². The van der Waals surface area contributed by atoms with Gasteiger partial charge in [-0.1, -0.05) is 0 Å². The van der Waals surface area contributed by atoms with Crippen molar-refractivity contribution in [3.63, 3.8) is 0 Å². The maximum atomic E-state index is 11.3. The highest BCUT2D eigenvalue weighted by atomic mass is 19.4. The van der Waals surface area contributed by atoms with E-state index >= 15 is 0 Å². The van der Waals surface area contributed by atoms with Gasteiger partial charge in [-0.05, 0) is 0 Å². The second-order valence-electron chi connectivity index (χ2n) is 1.09. The minimum atomic E-state index is -5.11. The minimum absolute atomic E-state index is 0.599. The molecule has 0 amide bonds. The van der Waals surface area contributed by atoms with Crippen molar-refractivity contribution in [2.75, 3.05) is 0 Å². The van der Waals surface area contributed by atoms with Gasteiger partial charge < -0.3 is 4.74 Å². The second kappa shape index (κ2) is 2.65. The summed E-state index contributed by atoms with van der Waals surface area (Å²) in [5.74, 6) is 0. The molecule has 0 N–H and O–H groups in total. The van der Waals surface area contributed by atoms with Crippen LogP contribution in [-0.2, 0) is 9.53 Å². The molecular formula is C3H2F4O2. The number of halogens is 4. The summed E-state index contributed by atoms with van der Waals surface area (Å²) < 4.78 is 47.2. The summed E-state index contributed by atoms with van der Waals surface area (Å²) in [6.45, 7) is -0.599. The number of hydrogen-bond donors (Lipinski definition) is 0. The molecule has 6 heteroatoms. The second-order valence-corrected chi connectivity index (χ2v) is 1.09. The molecule has 9 heavy (non-hydrogen) atoms. The first-order valence-corrected chi connectivity index (χ1v) is 1.78. The first-order valence-electron chi connectivity index (χ1n) is 1.78. The Morgan fingerprint density at radius 2 is 1.89 bits per heavy atom. The van der Waals surface area contributed by atoms with Crippen LogP contribution in [0, 0.1) is 0 Å². The van der Waals surface area contributed by atoms with E-state index in [0.29, 0.717) is 0 Å². The fourth-order valence-corrected chi connectivity index (χ4v) is 0.126. The van der Waals surface area contributed by atoms with Crippen molar-refractivity contribution in [1.29, 1.82) is 0 Å². The zero-order chi connectivity index (χ0) is 7.49. The number of hydrogen-bond acceptors (Lipinski definition) is 2. The lowest BCUT2D eigenvalue weighted by atomic mass is 10.7. The smallest absolute Gasteiger partial charge is 0.424 e. The van der Waals surface area contributed by atoms with Gasteiger partial charge in [-0.25, -0.2) is 0 Å². The third-order valence-electron chi connectivity index (χ3n) is 0.432. The van der Waals surface area contributed by atoms with E-state index in [4.69, 9.17) is 4.79 Å². The number of rotatable bonds is 2. The fourth-order valence-electron chi connectivity index (χ4n) is 0.126. The van der Waals surface area contributed by atoms with Crippen LogP contribution in [0.2, 0.25) is 0 Å². The highest BCUT2D eigenvalue weighted by Gasteiger charge is 2.42. The highest BCUT2D eigenvalue weighted by molar-refractivity contribution is 5.37. The fraction of sp³-hybridized carbons (Fsp3) is 0.667. The van der Waals surface area contributed by atoms with E-state index in [9.17, 15) is 17.6 Å². The first-order chi connectivity index (χ1) is 3.98. The van der Waals surface area contributed by atoms with Crippen LogP contribution < -0.4 is 0 Å². The third kappa shape index (κ3) is 2.89. The Kier molecular flexibility index (Phi) is 2.41. The van der Waals surface area contributed by atoms with Crippen LogP contribution in [0.1, 0.15) is 0 Å². The van der Waals surface area contributed by atoms with Crippen molar-refractivity contribution < 1.29 is 27.1 Å². The van der Waals surface area contributed by atoms with Gasteiger partial charge in [0, 0.05) is 0 Å². The van der Waals surface area contributed by atoms with Gasteiger partial charge in [0.2, 0.25) is 0 Å². The number of alkyl halides is 4. The Hall–Kier alpha value is -0.810. The van der Waals surface area contributed by atoms with Crippen molar-refractivity contribution in [3.8, 4) is 0 Å². The maximum absolute atomic E-state index is 11.3. The molecule has 0 bridgehead atoms. The molecule has 0 saturated carbocycles. The van der Waals surface area contributed by atoms with Gasteiger partial charge in [0.25, 0.3) is 6.47 Å². The zero-order valence-electron chi connectivity index (χ0n) is 3.98. The standard InChI is InChI=1S/C3H2F4O2/c4-2(9-1-8)3(5,6)7/h1-2H. The summed E-state index contributed by atoms with van der Waals surface area (Å²) in [4.78, 5) is 9.10. The Bertz CT molecular complexity index is 98.5. The lowest BCUT2D eigenvalue weighted by Gasteiger charge is -2.08. The summed E-state index contributed by atoms with van der Waals surface area (Å²) in [5, 5.41) is 0. The molecule has 1 unspecified atom stereocenters. The van der Waals surface area contributed by atoms with E-state index in [1.54, 1.807) is 0 Å². The van der Waals surface area contributed by atoms with Crippen LogP contribution in [0.3, 0.4) is 0 Å². The minimum Gasteiger partial charge on any atom is -0.424 e. The van der Waals surface area contributed by atoms with Gasteiger partial charge in [0.15, 0.2) is 0 Å². The average molecular weight is 146 g/mol. The molecule has 54 valence electrons. The normalized spacial score (nSPS) is 14.7. The zero-order valence-corrected chi connectivity index (χ0v) is 3.98. The molecule has 0 saturated heterocycles. The molecule has 0 aliphatic carbocycles. The number of carbonyl (C=O) groups is 1. The monoisotopic (exact) mass is 146 g/mol. The predicted molar refractivity (Wildman–Crippen MR) is 18.1 cm³/mol. The highest BCUT2D eigenvalue weighted by Crippen LogP contribution is 2.22. The number of ether oxygens (including phenoxy) is 1. The van der Waals surface area contributed by atoms with Crippen molar-refractivity contribution in [1.82, 2.24) is 0 Å². The van der Waals surface area contributed by atoms with Crippen LogP contribution in [-0.4, -0.2) is 19.0 Å². The number of carbonyl (C=O) groups excluding carboxylic acids is 1. The molecule has 0 rings (SSSR count). The Labute approximate surface area is 47.4 Å². The van der Waals surface area contributed by atoms with Crippen molar-refractivity contribution in [3.05, 3.63) is 0 Å². The van der Waals surface area contributed by atoms with Crippen molar-refractivity contribution in [2.24, 2.45) is 0 Å². The van der Waals surface area contributed by atoms with E-state index in [0.717, 1.165) is 0 Å². The van der Waals surface area contributed by atoms with E-state index in [2.05, 4.69) is 4.74 Å². The molecular weight excluding hydrogens is 144 g/mol. The largest absolute Gasteiger partial charge is 0.457 e. The quantitative estimate of drug-likeness (QED) is 0.429. The molecule has 0 spiro atoms. The van der Waals surface area contributed by atoms with Gasteiger partial charge in [-0.2, -0.15) is 17.6 Å². The maximum Gasteiger partial charge on any atom is 0.457 e. The van der Waals surface area contributed by atoms with Crippen LogP contribution >= 0.6 is 0 Å². The molecule has 2 nitrogen and oxygen atoms in total. The predicted octanol–water partition coefficient (Wildman–Crippen LogP) is 1.02. The van der Waals surface area contributed by atoms with Crippen LogP contribution in [0.25, 0.3) is 0 Å². The van der Waals surface area contributed by atoms with Gasteiger partial charge in [-0.3, -0.25) is 4.79 Å². The SMILES string of the molecule is O=COC(F)C(F)(F)F. The summed E-state index contributed by atoms with van der Waals surface area (Å²) in [5.41, 5.74) is 0. The van der Waals surface area contributed by atoms with Crippen molar-refractivity contribution >= 4 is 6.47 Å². The molecule has 0 aromatic heterocycles. The van der Waals surface area contributed by atoms with Gasteiger partial charge >= 0.3 is 12.5 Å². The summed E-state index contributed by atoms with van der Waals surface area (Å²) >= 11 is 0. The van der Waals surface area contributed by atoms with Gasteiger partial charge in [0.05, 0.1) is 0 Å². The molecule has 0 fully saturated rings.